The molecular formula is C13H21NO3. The van der Waals surface area contributed by atoms with E-state index in [1.54, 1.807) is 21.3 Å². The molecule has 0 fully saturated rings. The largest absolute Gasteiger partial charge is 0.493 e. The Hall–Kier alpha value is -1.42. The SMILES string of the molecule is COc1cc(C)c(CC(C)N)c(OC)c1OC. The molecule has 0 saturated heterocycles. The molecule has 96 valence electrons. The van der Waals surface area contributed by atoms with Gasteiger partial charge in [-0.3, -0.25) is 0 Å². The fraction of sp³-hybridized carbons (Fsp3) is 0.538. The first-order valence-electron chi connectivity index (χ1n) is 5.59. The summed E-state index contributed by atoms with van der Waals surface area (Å²) >= 11 is 0. The third kappa shape index (κ3) is 2.82. The summed E-state index contributed by atoms with van der Waals surface area (Å²) in [7, 11) is 4.84. The van der Waals surface area contributed by atoms with Gasteiger partial charge in [-0.25, -0.2) is 0 Å². The van der Waals surface area contributed by atoms with Crippen molar-refractivity contribution in [3.8, 4) is 17.2 Å². The zero-order chi connectivity index (χ0) is 13.0. The number of nitrogens with two attached hydrogens (primary N) is 1. The minimum atomic E-state index is 0.0701. The monoisotopic (exact) mass is 239 g/mol. The van der Waals surface area contributed by atoms with E-state index in [-0.39, 0.29) is 6.04 Å². The summed E-state index contributed by atoms with van der Waals surface area (Å²) in [5, 5.41) is 0. The van der Waals surface area contributed by atoms with Crippen LogP contribution in [0.5, 0.6) is 17.2 Å². The summed E-state index contributed by atoms with van der Waals surface area (Å²) in [5.74, 6) is 2.01. The molecular weight excluding hydrogens is 218 g/mol. The molecule has 17 heavy (non-hydrogen) atoms. The second-order valence-electron chi connectivity index (χ2n) is 4.12. The van der Waals surface area contributed by atoms with Crippen LogP contribution >= 0.6 is 0 Å². The maximum atomic E-state index is 5.85. The van der Waals surface area contributed by atoms with E-state index in [2.05, 4.69) is 0 Å². The topological polar surface area (TPSA) is 53.7 Å². The van der Waals surface area contributed by atoms with E-state index in [1.807, 2.05) is 19.9 Å². The molecule has 1 unspecified atom stereocenters. The van der Waals surface area contributed by atoms with Crippen LogP contribution in [0.3, 0.4) is 0 Å². The van der Waals surface area contributed by atoms with Crippen molar-refractivity contribution in [3.63, 3.8) is 0 Å². The highest BCUT2D eigenvalue weighted by atomic mass is 16.5. The van der Waals surface area contributed by atoms with Gasteiger partial charge < -0.3 is 19.9 Å². The van der Waals surface area contributed by atoms with Gasteiger partial charge in [0.05, 0.1) is 21.3 Å². The Morgan fingerprint density at radius 3 is 2.12 bits per heavy atom. The fourth-order valence-electron chi connectivity index (χ4n) is 1.91. The Morgan fingerprint density at radius 2 is 1.71 bits per heavy atom. The lowest BCUT2D eigenvalue weighted by molar-refractivity contribution is 0.321. The van der Waals surface area contributed by atoms with Gasteiger partial charge in [0.15, 0.2) is 11.5 Å². The first kappa shape index (κ1) is 13.6. The fourth-order valence-corrected chi connectivity index (χ4v) is 1.91. The van der Waals surface area contributed by atoms with Gasteiger partial charge in [0, 0.05) is 11.6 Å². The highest BCUT2D eigenvalue weighted by Gasteiger charge is 2.19. The average molecular weight is 239 g/mol. The number of benzene rings is 1. The van der Waals surface area contributed by atoms with E-state index in [1.165, 1.54) is 0 Å². The summed E-state index contributed by atoms with van der Waals surface area (Å²) < 4.78 is 16.1. The van der Waals surface area contributed by atoms with E-state index in [9.17, 15) is 0 Å². The summed E-state index contributed by atoms with van der Waals surface area (Å²) in [5.41, 5.74) is 8.02. The van der Waals surface area contributed by atoms with Crippen LogP contribution in [0, 0.1) is 6.92 Å². The molecule has 0 bridgehead atoms. The summed E-state index contributed by atoms with van der Waals surface area (Å²) in [6, 6.07) is 2.01. The predicted molar refractivity (Wildman–Crippen MR) is 68.2 cm³/mol. The van der Waals surface area contributed by atoms with Crippen LogP contribution in [0.15, 0.2) is 6.07 Å². The Labute approximate surface area is 103 Å². The normalized spacial score (nSPS) is 12.1. The van der Waals surface area contributed by atoms with Crippen molar-refractivity contribution in [2.75, 3.05) is 21.3 Å². The van der Waals surface area contributed by atoms with Gasteiger partial charge in [-0.15, -0.1) is 0 Å². The lowest BCUT2D eigenvalue weighted by atomic mass is 10.00. The van der Waals surface area contributed by atoms with E-state index >= 15 is 0 Å². The molecule has 4 nitrogen and oxygen atoms in total. The minimum absolute atomic E-state index is 0.0701. The predicted octanol–water partition coefficient (Wildman–Crippen LogP) is 1.91. The highest BCUT2D eigenvalue weighted by Crippen LogP contribution is 2.42. The summed E-state index contributed by atoms with van der Waals surface area (Å²) in [6.07, 6.45) is 0.745. The molecule has 1 aromatic carbocycles. The van der Waals surface area contributed by atoms with Gasteiger partial charge in [-0.2, -0.15) is 0 Å². The zero-order valence-corrected chi connectivity index (χ0v) is 11.2. The van der Waals surface area contributed by atoms with Gasteiger partial charge in [0.1, 0.15) is 0 Å². The Morgan fingerprint density at radius 1 is 1.12 bits per heavy atom. The zero-order valence-electron chi connectivity index (χ0n) is 11.2. The third-order valence-electron chi connectivity index (χ3n) is 2.68. The van der Waals surface area contributed by atoms with Gasteiger partial charge in [0.25, 0.3) is 0 Å². The molecule has 0 aliphatic carbocycles. The molecule has 2 N–H and O–H groups in total. The van der Waals surface area contributed by atoms with Crippen molar-refractivity contribution in [1.82, 2.24) is 0 Å². The van der Waals surface area contributed by atoms with Crippen LogP contribution in [0.25, 0.3) is 0 Å². The van der Waals surface area contributed by atoms with Crippen molar-refractivity contribution in [1.29, 1.82) is 0 Å². The Balaban J connectivity index is 3.38. The molecule has 4 heteroatoms. The van der Waals surface area contributed by atoms with Gasteiger partial charge in [-0.1, -0.05) is 0 Å². The average Bonchev–Trinajstić information content (AvgIpc) is 2.30. The minimum Gasteiger partial charge on any atom is -0.493 e. The summed E-state index contributed by atoms with van der Waals surface area (Å²) in [4.78, 5) is 0. The van der Waals surface area contributed by atoms with E-state index in [4.69, 9.17) is 19.9 Å². The van der Waals surface area contributed by atoms with E-state index in [0.717, 1.165) is 17.5 Å². The van der Waals surface area contributed by atoms with Gasteiger partial charge in [-0.05, 0) is 31.9 Å². The van der Waals surface area contributed by atoms with Crippen molar-refractivity contribution >= 4 is 0 Å². The first-order chi connectivity index (χ1) is 8.04. The van der Waals surface area contributed by atoms with Crippen LogP contribution in [0.2, 0.25) is 0 Å². The number of hydrogen-bond donors (Lipinski definition) is 1. The smallest absolute Gasteiger partial charge is 0.203 e. The molecule has 0 radical (unpaired) electrons. The van der Waals surface area contributed by atoms with Crippen LogP contribution in [-0.2, 0) is 6.42 Å². The number of rotatable bonds is 5. The third-order valence-corrected chi connectivity index (χ3v) is 2.68. The molecule has 0 saturated carbocycles. The maximum Gasteiger partial charge on any atom is 0.203 e. The molecule has 0 aliphatic heterocycles. The molecule has 0 aliphatic rings. The van der Waals surface area contributed by atoms with Crippen LogP contribution in [0.1, 0.15) is 18.1 Å². The van der Waals surface area contributed by atoms with Gasteiger partial charge in [0.2, 0.25) is 5.75 Å². The lowest BCUT2D eigenvalue weighted by Crippen LogP contribution is -2.19. The van der Waals surface area contributed by atoms with Crippen LogP contribution in [-0.4, -0.2) is 27.4 Å². The molecule has 1 atom stereocenters. The number of hydrogen-bond acceptors (Lipinski definition) is 4. The molecule has 0 heterocycles. The van der Waals surface area contributed by atoms with Crippen molar-refractivity contribution in [2.45, 2.75) is 26.3 Å². The van der Waals surface area contributed by atoms with Crippen LogP contribution in [0.4, 0.5) is 0 Å². The molecule has 0 spiro atoms. The van der Waals surface area contributed by atoms with Crippen molar-refractivity contribution in [2.24, 2.45) is 5.73 Å². The molecule has 0 aromatic heterocycles. The molecule has 0 amide bonds. The highest BCUT2D eigenvalue weighted by molar-refractivity contribution is 5.59. The first-order valence-corrected chi connectivity index (χ1v) is 5.59. The van der Waals surface area contributed by atoms with Gasteiger partial charge >= 0.3 is 0 Å². The van der Waals surface area contributed by atoms with Crippen LogP contribution < -0.4 is 19.9 Å². The standard InChI is InChI=1S/C13H21NO3/c1-8-6-11(15-3)13(17-5)12(16-4)10(8)7-9(2)14/h6,9H,7,14H2,1-5H3. The summed E-state index contributed by atoms with van der Waals surface area (Å²) in [6.45, 7) is 3.98. The second kappa shape index (κ2) is 5.77. The number of methoxy groups -OCH3 is 3. The lowest BCUT2D eigenvalue weighted by Gasteiger charge is -2.19. The van der Waals surface area contributed by atoms with E-state index < -0.39 is 0 Å². The maximum absolute atomic E-state index is 5.85. The second-order valence-corrected chi connectivity index (χ2v) is 4.12. The Bertz CT molecular complexity index is 389. The number of aryl methyl sites for hydroxylation is 1. The van der Waals surface area contributed by atoms with Crippen molar-refractivity contribution < 1.29 is 14.2 Å². The Kier molecular flexibility index (Phi) is 4.63. The quantitative estimate of drug-likeness (QED) is 0.852. The molecule has 1 rings (SSSR count). The number of ether oxygens (including phenoxy) is 3. The molecule has 1 aromatic rings. The van der Waals surface area contributed by atoms with E-state index in [0.29, 0.717) is 17.2 Å². The van der Waals surface area contributed by atoms with Crippen molar-refractivity contribution in [3.05, 3.63) is 17.2 Å².